The van der Waals surface area contributed by atoms with Gasteiger partial charge in [-0.3, -0.25) is 4.79 Å². The van der Waals surface area contributed by atoms with Crippen LogP contribution in [0.5, 0.6) is 5.75 Å². The number of benzene rings is 1. The number of ketones is 1. The summed E-state index contributed by atoms with van der Waals surface area (Å²) in [6, 6.07) is 5.69. The van der Waals surface area contributed by atoms with Crippen LogP contribution in [0.1, 0.15) is 22.6 Å². The highest BCUT2D eigenvalue weighted by molar-refractivity contribution is 5.96. The number of carbonyl (C=O) groups is 1. The summed E-state index contributed by atoms with van der Waals surface area (Å²) in [5.74, 6) is 0.813. The molecule has 0 aliphatic heterocycles. The van der Waals surface area contributed by atoms with E-state index >= 15 is 0 Å². The van der Waals surface area contributed by atoms with Gasteiger partial charge in [0.2, 0.25) is 0 Å². The standard InChI is InChI=1S/C14H14F2N2O2/c1-18-9-8-17-13(18)7-6-12(19)10-2-4-11(5-3-10)20-14(15)16/h2-5,8-9,14H,6-7H2,1H3. The Kier molecular flexibility index (Phi) is 4.45. The minimum Gasteiger partial charge on any atom is -0.435 e. The van der Waals surface area contributed by atoms with Gasteiger partial charge in [0.1, 0.15) is 11.6 Å². The number of ether oxygens (including phenoxy) is 1. The third-order valence-electron chi connectivity index (χ3n) is 2.90. The molecule has 0 aliphatic carbocycles. The van der Waals surface area contributed by atoms with Crippen molar-refractivity contribution in [3.05, 3.63) is 48.0 Å². The summed E-state index contributed by atoms with van der Waals surface area (Å²) < 4.78 is 30.1. The third kappa shape index (κ3) is 3.63. The number of nitrogens with zero attached hydrogens (tertiary/aromatic N) is 2. The van der Waals surface area contributed by atoms with Gasteiger partial charge in [0.05, 0.1) is 0 Å². The number of hydrogen-bond acceptors (Lipinski definition) is 3. The molecule has 1 aromatic heterocycles. The molecule has 0 radical (unpaired) electrons. The maximum absolute atomic E-state index is 12.0. The lowest BCUT2D eigenvalue weighted by Gasteiger charge is -2.05. The van der Waals surface area contributed by atoms with Crippen LogP contribution in [0.4, 0.5) is 8.78 Å². The molecule has 2 aromatic rings. The molecule has 0 unspecified atom stereocenters. The highest BCUT2D eigenvalue weighted by Gasteiger charge is 2.09. The molecule has 0 fully saturated rings. The average Bonchev–Trinajstić information content (AvgIpc) is 2.82. The molecule has 6 heteroatoms. The van der Waals surface area contributed by atoms with E-state index in [9.17, 15) is 13.6 Å². The Balaban J connectivity index is 1.94. The third-order valence-corrected chi connectivity index (χ3v) is 2.90. The lowest BCUT2D eigenvalue weighted by atomic mass is 10.1. The van der Waals surface area contributed by atoms with Crippen molar-refractivity contribution in [1.82, 2.24) is 9.55 Å². The second-order valence-corrected chi connectivity index (χ2v) is 4.28. The Morgan fingerprint density at radius 3 is 2.60 bits per heavy atom. The molecule has 0 saturated heterocycles. The fraction of sp³-hybridized carbons (Fsp3) is 0.286. The molecule has 0 atom stereocenters. The van der Waals surface area contributed by atoms with Gasteiger partial charge in [0.25, 0.3) is 0 Å². The first-order valence-corrected chi connectivity index (χ1v) is 6.10. The zero-order chi connectivity index (χ0) is 14.5. The van der Waals surface area contributed by atoms with E-state index in [0.29, 0.717) is 18.4 Å². The quantitative estimate of drug-likeness (QED) is 0.764. The summed E-state index contributed by atoms with van der Waals surface area (Å²) in [4.78, 5) is 16.1. The van der Waals surface area contributed by atoms with Gasteiger partial charge < -0.3 is 9.30 Å². The number of Topliss-reactive ketones (excluding diaryl/α,β-unsaturated/α-hetero) is 1. The average molecular weight is 280 g/mol. The summed E-state index contributed by atoms with van der Waals surface area (Å²) in [6.45, 7) is -2.86. The van der Waals surface area contributed by atoms with Crippen molar-refractivity contribution >= 4 is 5.78 Å². The van der Waals surface area contributed by atoms with Crippen molar-refractivity contribution in [2.45, 2.75) is 19.5 Å². The maximum Gasteiger partial charge on any atom is 0.387 e. The molecular weight excluding hydrogens is 266 g/mol. The fourth-order valence-corrected chi connectivity index (χ4v) is 1.83. The van der Waals surface area contributed by atoms with Crippen LogP contribution in [0.3, 0.4) is 0 Å². The van der Waals surface area contributed by atoms with E-state index in [0.717, 1.165) is 5.82 Å². The lowest BCUT2D eigenvalue weighted by Crippen LogP contribution is -2.05. The second-order valence-electron chi connectivity index (χ2n) is 4.28. The number of halogens is 2. The smallest absolute Gasteiger partial charge is 0.387 e. The van der Waals surface area contributed by atoms with Crippen molar-refractivity contribution in [2.75, 3.05) is 0 Å². The largest absolute Gasteiger partial charge is 0.435 e. The number of aromatic nitrogens is 2. The Morgan fingerprint density at radius 2 is 2.05 bits per heavy atom. The molecule has 0 spiro atoms. The predicted molar refractivity (Wildman–Crippen MR) is 68.9 cm³/mol. The van der Waals surface area contributed by atoms with Crippen LogP contribution in [-0.4, -0.2) is 21.9 Å². The number of aryl methyl sites for hydroxylation is 2. The van der Waals surface area contributed by atoms with Gasteiger partial charge in [-0.25, -0.2) is 4.98 Å². The maximum atomic E-state index is 12.0. The van der Waals surface area contributed by atoms with Crippen molar-refractivity contribution in [1.29, 1.82) is 0 Å². The van der Waals surface area contributed by atoms with E-state index in [-0.39, 0.29) is 11.5 Å². The van der Waals surface area contributed by atoms with E-state index < -0.39 is 6.61 Å². The Labute approximate surface area is 115 Å². The summed E-state index contributed by atoms with van der Waals surface area (Å²) in [7, 11) is 1.86. The van der Waals surface area contributed by atoms with E-state index in [2.05, 4.69) is 9.72 Å². The van der Waals surface area contributed by atoms with Crippen LogP contribution in [0.2, 0.25) is 0 Å². The predicted octanol–water partition coefficient (Wildman–Crippen LogP) is 2.84. The van der Waals surface area contributed by atoms with Gasteiger partial charge in [-0.2, -0.15) is 8.78 Å². The minimum absolute atomic E-state index is 0.0423. The normalized spacial score (nSPS) is 10.8. The van der Waals surface area contributed by atoms with E-state index in [1.807, 2.05) is 17.8 Å². The van der Waals surface area contributed by atoms with Crippen molar-refractivity contribution in [3.8, 4) is 5.75 Å². The molecule has 0 amide bonds. The summed E-state index contributed by atoms with van der Waals surface area (Å²) in [6.07, 6.45) is 4.35. The summed E-state index contributed by atoms with van der Waals surface area (Å²) >= 11 is 0. The molecule has 106 valence electrons. The highest BCUT2D eigenvalue weighted by atomic mass is 19.3. The van der Waals surface area contributed by atoms with Gasteiger partial charge in [0.15, 0.2) is 5.78 Å². The number of alkyl halides is 2. The Hall–Kier alpha value is -2.24. The molecular formula is C14H14F2N2O2. The van der Waals surface area contributed by atoms with Crippen LogP contribution in [-0.2, 0) is 13.5 Å². The molecule has 2 rings (SSSR count). The van der Waals surface area contributed by atoms with Crippen LogP contribution in [0.25, 0.3) is 0 Å². The van der Waals surface area contributed by atoms with E-state index in [4.69, 9.17) is 0 Å². The Morgan fingerprint density at radius 1 is 1.35 bits per heavy atom. The molecule has 20 heavy (non-hydrogen) atoms. The number of rotatable bonds is 6. The van der Waals surface area contributed by atoms with Gasteiger partial charge in [-0.15, -0.1) is 0 Å². The van der Waals surface area contributed by atoms with Crippen LogP contribution >= 0.6 is 0 Å². The summed E-state index contributed by atoms with van der Waals surface area (Å²) in [5.41, 5.74) is 0.473. The first-order chi connectivity index (χ1) is 9.56. The number of imidazole rings is 1. The van der Waals surface area contributed by atoms with Crippen LogP contribution in [0.15, 0.2) is 36.7 Å². The van der Waals surface area contributed by atoms with Crippen molar-refractivity contribution in [2.24, 2.45) is 7.05 Å². The van der Waals surface area contributed by atoms with Crippen LogP contribution < -0.4 is 4.74 Å². The molecule has 0 bridgehead atoms. The monoisotopic (exact) mass is 280 g/mol. The first kappa shape index (κ1) is 14.2. The lowest BCUT2D eigenvalue weighted by molar-refractivity contribution is -0.0498. The van der Waals surface area contributed by atoms with Crippen LogP contribution in [0, 0.1) is 0 Å². The van der Waals surface area contributed by atoms with Gasteiger partial charge in [0, 0.05) is 37.8 Å². The van der Waals surface area contributed by atoms with Gasteiger partial charge in [-0.1, -0.05) is 0 Å². The molecule has 4 nitrogen and oxygen atoms in total. The fourth-order valence-electron chi connectivity index (χ4n) is 1.83. The molecule has 0 saturated carbocycles. The summed E-state index contributed by atoms with van der Waals surface area (Å²) in [5, 5.41) is 0. The number of hydrogen-bond donors (Lipinski definition) is 0. The Bertz CT molecular complexity index is 579. The van der Waals surface area contributed by atoms with Crippen molar-refractivity contribution in [3.63, 3.8) is 0 Å². The first-order valence-electron chi connectivity index (χ1n) is 6.10. The van der Waals surface area contributed by atoms with E-state index in [1.54, 1.807) is 6.20 Å². The molecule has 0 aliphatic rings. The van der Waals surface area contributed by atoms with Gasteiger partial charge >= 0.3 is 6.61 Å². The van der Waals surface area contributed by atoms with Gasteiger partial charge in [-0.05, 0) is 24.3 Å². The second kappa shape index (κ2) is 6.27. The van der Waals surface area contributed by atoms with E-state index in [1.165, 1.54) is 24.3 Å². The zero-order valence-electron chi connectivity index (χ0n) is 10.9. The zero-order valence-corrected chi connectivity index (χ0v) is 10.9. The minimum atomic E-state index is -2.86. The molecule has 1 heterocycles. The SMILES string of the molecule is Cn1ccnc1CCC(=O)c1ccc(OC(F)F)cc1. The van der Waals surface area contributed by atoms with Crippen molar-refractivity contribution < 1.29 is 18.3 Å². The topological polar surface area (TPSA) is 44.1 Å². The molecule has 0 N–H and O–H groups in total. The molecule has 1 aromatic carbocycles. The highest BCUT2D eigenvalue weighted by Crippen LogP contribution is 2.16. The number of carbonyl (C=O) groups excluding carboxylic acids is 1.